The van der Waals surface area contributed by atoms with Crippen molar-refractivity contribution >= 4 is 23.3 Å². The zero-order chi connectivity index (χ0) is 17.8. The van der Waals surface area contributed by atoms with Gasteiger partial charge in [0.1, 0.15) is 6.54 Å². The third-order valence-electron chi connectivity index (χ3n) is 2.28. The van der Waals surface area contributed by atoms with E-state index in [4.69, 9.17) is 17.2 Å². The van der Waals surface area contributed by atoms with Crippen LogP contribution in [0.15, 0.2) is 28.2 Å². The summed E-state index contributed by atoms with van der Waals surface area (Å²) in [6.45, 7) is -1.47. The van der Waals surface area contributed by atoms with E-state index in [0.717, 1.165) is 6.07 Å². The largest absolute Gasteiger partial charge is 0.416 e. The lowest BCUT2D eigenvalue weighted by atomic mass is 10.1. The molecular formula is C11H12F6N6. The van der Waals surface area contributed by atoms with Gasteiger partial charge < -0.3 is 22.5 Å². The number of benzene rings is 1. The van der Waals surface area contributed by atoms with E-state index in [1.54, 1.807) is 0 Å². The van der Waals surface area contributed by atoms with Crippen molar-refractivity contribution in [2.75, 3.05) is 11.9 Å². The summed E-state index contributed by atoms with van der Waals surface area (Å²) in [4.78, 5) is 6.77. The van der Waals surface area contributed by atoms with E-state index in [1.165, 1.54) is 0 Å². The number of alkyl halides is 6. The molecular weight excluding hydrogens is 330 g/mol. The highest BCUT2D eigenvalue weighted by Crippen LogP contribution is 2.35. The number of guanidine groups is 2. The van der Waals surface area contributed by atoms with Gasteiger partial charge >= 0.3 is 12.4 Å². The molecule has 0 amide bonds. The Hall–Kier alpha value is -2.66. The van der Waals surface area contributed by atoms with Crippen molar-refractivity contribution in [3.8, 4) is 0 Å². The van der Waals surface area contributed by atoms with E-state index < -0.39 is 42.1 Å². The number of halogens is 6. The smallest absolute Gasteiger partial charge is 0.375 e. The van der Waals surface area contributed by atoms with E-state index >= 15 is 0 Å². The van der Waals surface area contributed by atoms with Crippen LogP contribution in [0.2, 0.25) is 0 Å². The summed E-state index contributed by atoms with van der Waals surface area (Å²) in [5.74, 6) is -1.12. The number of rotatable bonds is 3. The van der Waals surface area contributed by atoms with E-state index in [1.807, 2.05) is 5.32 Å². The molecule has 0 heterocycles. The predicted molar refractivity (Wildman–Crippen MR) is 73.1 cm³/mol. The number of aliphatic imine (C=N–C) groups is 2. The van der Waals surface area contributed by atoms with Crippen LogP contribution in [-0.4, -0.2) is 24.6 Å². The lowest BCUT2D eigenvalue weighted by molar-refractivity contribution is -0.137. The van der Waals surface area contributed by atoms with Crippen molar-refractivity contribution in [1.29, 1.82) is 0 Å². The maximum absolute atomic E-state index is 12.7. The second kappa shape index (κ2) is 6.62. The average Bonchev–Trinajstić information content (AvgIpc) is 2.33. The summed E-state index contributed by atoms with van der Waals surface area (Å²) in [5.41, 5.74) is 13.4. The standard InChI is InChI=1S/C11H12F6N6/c12-10(13,14)4-21-6-2-1-5(11(15,16)17)3-7(6)22-9(20)23-8(18)19/h1-3,21H,4H2,(H6,18,19,20,22,23). The Morgan fingerprint density at radius 2 is 1.65 bits per heavy atom. The maximum atomic E-state index is 12.7. The third-order valence-corrected chi connectivity index (χ3v) is 2.28. The molecule has 0 spiro atoms. The van der Waals surface area contributed by atoms with Crippen LogP contribution in [-0.2, 0) is 6.18 Å². The fraction of sp³-hybridized carbons (Fsp3) is 0.273. The minimum absolute atomic E-state index is 0.316. The van der Waals surface area contributed by atoms with Gasteiger partial charge in [0, 0.05) is 0 Å². The van der Waals surface area contributed by atoms with Crippen molar-refractivity contribution < 1.29 is 26.3 Å². The quantitative estimate of drug-likeness (QED) is 0.381. The molecule has 0 unspecified atom stereocenters. The van der Waals surface area contributed by atoms with Crippen molar-refractivity contribution in [3.63, 3.8) is 0 Å². The van der Waals surface area contributed by atoms with Gasteiger partial charge in [-0.05, 0) is 18.2 Å². The first-order valence-electron chi connectivity index (χ1n) is 5.84. The molecule has 1 aromatic rings. The Labute approximate surface area is 126 Å². The first-order valence-corrected chi connectivity index (χ1v) is 5.84. The number of anilines is 1. The van der Waals surface area contributed by atoms with Gasteiger partial charge in [0.05, 0.1) is 16.9 Å². The van der Waals surface area contributed by atoms with E-state index in [-0.39, 0.29) is 5.69 Å². The zero-order valence-corrected chi connectivity index (χ0v) is 11.3. The normalized spacial score (nSPS) is 12.9. The molecule has 12 heteroatoms. The van der Waals surface area contributed by atoms with Crippen LogP contribution in [0.1, 0.15) is 5.56 Å². The molecule has 0 aliphatic rings. The van der Waals surface area contributed by atoms with Gasteiger partial charge in [0.15, 0.2) is 5.96 Å². The summed E-state index contributed by atoms with van der Waals surface area (Å²) in [5, 5.41) is 1.92. The van der Waals surface area contributed by atoms with Gasteiger partial charge in [0.2, 0.25) is 5.96 Å². The van der Waals surface area contributed by atoms with E-state index in [9.17, 15) is 26.3 Å². The molecule has 0 saturated heterocycles. The number of hydrogen-bond acceptors (Lipinski definition) is 2. The van der Waals surface area contributed by atoms with Crippen LogP contribution in [0.4, 0.5) is 37.7 Å². The number of nitrogens with two attached hydrogens (primary N) is 3. The number of nitrogens with one attached hydrogen (secondary N) is 1. The second-order valence-electron chi connectivity index (χ2n) is 4.21. The summed E-state index contributed by atoms with van der Waals surface area (Å²) in [6, 6.07) is 1.93. The lowest BCUT2D eigenvalue weighted by Gasteiger charge is -2.14. The van der Waals surface area contributed by atoms with Gasteiger partial charge in [-0.2, -0.15) is 31.3 Å². The molecule has 0 saturated carbocycles. The molecule has 23 heavy (non-hydrogen) atoms. The highest BCUT2D eigenvalue weighted by atomic mass is 19.4. The first kappa shape index (κ1) is 18.4. The minimum Gasteiger partial charge on any atom is -0.375 e. The Morgan fingerprint density at radius 3 is 2.13 bits per heavy atom. The minimum atomic E-state index is -4.71. The number of hydrogen-bond donors (Lipinski definition) is 4. The van der Waals surface area contributed by atoms with Crippen LogP contribution in [0.3, 0.4) is 0 Å². The molecule has 1 rings (SSSR count). The molecule has 1 aromatic carbocycles. The highest BCUT2D eigenvalue weighted by molar-refractivity contribution is 5.94. The Bertz CT molecular complexity index is 614. The summed E-state index contributed by atoms with van der Waals surface area (Å²) in [7, 11) is 0. The van der Waals surface area contributed by atoms with E-state index in [2.05, 4.69) is 9.98 Å². The van der Waals surface area contributed by atoms with Gasteiger partial charge in [-0.3, -0.25) is 0 Å². The average molecular weight is 342 g/mol. The van der Waals surface area contributed by atoms with Crippen LogP contribution >= 0.6 is 0 Å². The molecule has 0 bridgehead atoms. The Balaban J connectivity index is 3.27. The molecule has 128 valence electrons. The van der Waals surface area contributed by atoms with Crippen molar-refractivity contribution in [1.82, 2.24) is 0 Å². The fourth-order valence-electron chi connectivity index (χ4n) is 1.43. The zero-order valence-electron chi connectivity index (χ0n) is 11.3. The third kappa shape index (κ3) is 6.32. The molecule has 0 aliphatic carbocycles. The molecule has 0 fully saturated rings. The Kier molecular flexibility index (Phi) is 5.30. The first-order chi connectivity index (χ1) is 10.4. The maximum Gasteiger partial charge on any atom is 0.416 e. The second-order valence-corrected chi connectivity index (χ2v) is 4.21. The highest BCUT2D eigenvalue weighted by Gasteiger charge is 2.32. The summed E-state index contributed by atoms with van der Waals surface area (Å²) in [6.07, 6.45) is -9.28. The van der Waals surface area contributed by atoms with Crippen molar-refractivity contribution in [2.45, 2.75) is 12.4 Å². The topological polar surface area (TPSA) is 115 Å². The van der Waals surface area contributed by atoms with E-state index in [0.29, 0.717) is 12.1 Å². The fourth-order valence-corrected chi connectivity index (χ4v) is 1.43. The van der Waals surface area contributed by atoms with Gasteiger partial charge in [0.25, 0.3) is 0 Å². The van der Waals surface area contributed by atoms with Crippen molar-refractivity contribution in [2.24, 2.45) is 27.2 Å². The van der Waals surface area contributed by atoms with Gasteiger partial charge in [-0.25, -0.2) is 4.99 Å². The predicted octanol–water partition coefficient (Wildman–Crippen LogP) is 1.90. The van der Waals surface area contributed by atoms with Crippen LogP contribution in [0.25, 0.3) is 0 Å². The summed E-state index contributed by atoms with van der Waals surface area (Å²) < 4.78 is 74.7. The van der Waals surface area contributed by atoms with Crippen molar-refractivity contribution in [3.05, 3.63) is 23.8 Å². The Morgan fingerprint density at radius 1 is 1.04 bits per heavy atom. The lowest BCUT2D eigenvalue weighted by Crippen LogP contribution is -2.26. The van der Waals surface area contributed by atoms with Crippen LogP contribution in [0, 0.1) is 0 Å². The number of nitrogens with zero attached hydrogens (tertiary/aromatic N) is 2. The molecule has 0 atom stereocenters. The molecule has 0 aromatic heterocycles. The molecule has 0 radical (unpaired) electrons. The molecule has 6 nitrogen and oxygen atoms in total. The van der Waals surface area contributed by atoms with Gasteiger partial charge in [-0.1, -0.05) is 0 Å². The monoisotopic (exact) mass is 342 g/mol. The molecule has 7 N–H and O–H groups in total. The SMILES string of the molecule is NC(N)=NC(N)=Nc1cc(C(F)(F)F)ccc1NCC(F)(F)F. The summed E-state index contributed by atoms with van der Waals surface area (Å²) >= 11 is 0. The van der Waals surface area contributed by atoms with Crippen LogP contribution in [0.5, 0.6) is 0 Å². The molecule has 0 aliphatic heterocycles. The van der Waals surface area contributed by atoms with Gasteiger partial charge in [-0.15, -0.1) is 0 Å². The van der Waals surface area contributed by atoms with Crippen LogP contribution < -0.4 is 22.5 Å².